The average molecular weight is 597 g/mol. The van der Waals surface area contributed by atoms with Gasteiger partial charge in [0.1, 0.15) is 11.4 Å². The van der Waals surface area contributed by atoms with Crippen LogP contribution in [-0.2, 0) is 27.4 Å². The highest BCUT2D eigenvalue weighted by atomic mass is 16.6. The number of likely N-dealkylation sites (tertiary alicyclic amines) is 1. The number of carbonyl (C=O) groups excluding carboxylic acids is 1. The normalized spacial score (nSPS) is 18.7. The number of benzene rings is 4. The van der Waals surface area contributed by atoms with Crippen molar-refractivity contribution >= 4 is 16.9 Å². The van der Waals surface area contributed by atoms with Gasteiger partial charge in [0.25, 0.3) is 0 Å². The molecule has 1 heterocycles. The van der Waals surface area contributed by atoms with Gasteiger partial charge in [-0.2, -0.15) is 0 Å². The molecule has 4 aromatic rings. The van der Waals surface area contributed by atoms with Gasteiger partial charge >= 0.3 is 6.09 Å². The van der Waals surface area contributed by atoms with E-state index in [2.05, 4.69) is 54.6 Å². The van der Waals surface area contributed by atoms with Gasteiger partial charge in [-0.1, -0.05) is 78.9 Å². The topological polar surface area (TPSA) is 83.3 Å². The van der Waals surface area contributed by atoms with Crippen molar-refractivity contribution in [3.8, 4) is 5.75 Å². The summed E-state index contributed by atoms with van der Waals surface area (Å²) in [7, 11) is 0. The minimum atomic E-state index is -0.594. The number of nitrogens with two attached hydrogens (primary N) is 1. The monoisotopic (exact) mass is 596 g/mol. The number of amides is 1. The minimum absolute atomic E-state index is 0.102. The van der Waals surface area contributed by atoms with E-state index in [0.717, 1.165) is 23.3 Å². The van der Waals surface area contributed by atoms with E-state index in [1.807, 2.05) is 63.2 Å². The first kappa shape index (κ1) is 31.5. The van der Waals surface area contributed by atoms with E-state index < -0.39 is 5.60 Å². The third-order valence-electron chi connectivity index (χ3n) is 7.70. The minimum Gasteiger partial charge on any atom is -0.494 e. The Labute approximate surface area is 260 Å². The number of hydrogen-bond acceptors (Lipinski definition) is 6. The molecule has 4 aromatic carbocycles. The summed E-state index contributed by atoms with van der Waals surface area (Å²) in [5, 5.41) is 2.35. The molecule has 44 heavy (non-hydrogen) atoms. The number of nitrogens with zero attached hydrogens (tertiary/aromatic N) is 1. The molecule has 1 aliphatic rings. The van der Waals surface area contributed by atoms with Crippen LogP contribution in [0.3, 0.4) is 0 Å². The summed E-state index contributed by atoms with van der Waals surface area (Å²) < 4.78 is 24.0. The Morgan fingerprint density at radius 2 is 1.55 bits per heavy atom. The van der Waals surface area contributed by atoms with Crippen LogP contribution in [0.2, 0.25) is 0 Å². The van der Waals surface area contributed by atoms with Crippen molar-refractivity contribution in [3.63, 3.8) is 0 Å². The number of piperidine rings is 1. The Morgan fingerprint density at radius 1 is 0.818 bits per heavy atom. The van der Waals surface area contributed by atoms with Crippen LogP contribution in [-0.4, -0.2) is 55.0 Å². The fraction of sp³-hybridized carbons (Fsp3) is 0.378. The van der Waals surface area contributed by atoms with Gasteiger partial charge in [-0.05, 0) is 66.4 Å². The summed E-state index contributed by atoms with van der Waals surface area (Å²) in [6, 6.07) is 32.5. The van der Waals surface area contributed by atoms with Crippen molar-refractivity contribution in [1.29, 1.82) is 0 Å². The van der Waals surface area contributed by atoms with Crippen molar-refractivity contribution in [2.45, 2.75) is 64.1 Å². The van der Waals surface area contributed by atoms with E-state index in [0.29, 0.717) is 39.5 Å². The zero-order valence-corrected chi connectivity index (χ0v) is 26.0. The second kappa shape index (κ2) is 14.7. The number of carbonyl (C=O) groups is 1. The summed E-state index contributed by atoms with van der Waals surface area (Å²) in [5.41, 5.74) is 9.47. The van der Waals surface area contributed by atoms with Gasteiger partial charge in [-0.25, -0.2) is 4.79 Å². The molecule has 0 aromatic heterocycles. The van der Waals surface area contributed by atoms with Crippen LogP contribution in [0.4, 0.5) is 4.79 Å². The summed E-state index contributed by atoms with van der Waals surface area (Å²) in [6.07, 6.45) is 0.112. The zero-order valence-electron chi connectivity index (χ0n) is 26.0. The molecule has 3 unspecified atom stereocenters. The highest BCUT2D eigenvalue weighted by Gasteiger charge is 2.40. The van der Waals surface area contributed by atoms with E-state index >= 15 is 0 Å². The molecule has 1 saturated heterocycles. The van der Waals surface area contributed by atoms with Crippen LogP contribution < -0.4 is 10.5 Å². The van der Waals surface area contributed by atoms with Crippen LogP contribution in [0.15, 0.2) is 97.1 Å². The molecule has 1 fully saturated rings. The molecule has 2 N–H and O–H groups in total. The number of ether oxygens (including phenoxy) is 4. The predicted molar refractivity (Wildman–Crippen MR) is 174 cm³/mol. The van der Waals surface area contributed by atoms with E-state index in [-0.39, 0.29) is 24.2 Å². The summed E-state index contributed by atoms with van der Waals surface area (Å²) in [6.45, 7) is 8.60. The summed E-state index contributed by atoms with van der Waals surface area (Å²) >= 11 is 0. The molecule has 1 amide bonds. The number of rotatable bonds is 11. The lowest BCUT2D eigenvalue weighted by Crippen LogP contribution is -2.57. The molecule has 7 nitrogen and oxygen atoms in total. The maximum Gasteiger partial charge on any atom is 0.410 e. The smallest absolute Gasteiger partial charge is 0.410 e. The van der Waals surface area contributed by atoms with E-state index in [9.17, 15) is 4.79 Å². The lowest BCUT2D eigenvalue weighted by molar-refractivity contribution is -0.0412. The van der Waals surface area contributed by atoms with Crippen molar-refractivity contribution in [3.05, 3.63) is 114 Å². The quantitative estimate of drug-likeness (QED) is 0.187. The van der Waals surface area contributed by atoms with E-state index in [4.69, 9.17) is 24.7 Å². The third-order valence-corrected chi connectivity index (χ3v) is 7.70. The summed E-state index contributed by atoms with van der Waals surface area (Å²) in [5.74, 6) is 0.694. The van der Waals surface area contributed by atoms with E-state index in [1.165, 1.54) is 16.3 Å². The fourth-order valence-electron chi connectivity index (χ4n) is 5.58. The van der Waals surface area contributed by atoms with Gasteiger partial charge in [-0.3, -0.25) is 0 Å². The first-order valence-electron chi connectivity index (χ1n) is 15.4. The van der Waals surface area contributed by atoms with Crippen LogP contribution in [0.25, 0.3) is 10.8 Å². The molecule has 0 saturated carbocycles. The summed E-state index contributed by atoms with van der Waals surface area (Å²) in [4.78, 5) is 14.7. The standard InChI is InChI=1S/C37H44N2O5/c1-37(2,3)44-36(40)39-23-33(38)35(34(24-39)43-26-28-14-15-29-12-7-8-13-31(29)22-28)30-16-18-32(19-17-30)42-21-9-20-41-25-27-10-5-4-6-11-27/h4-8,10-19,22,33-35H,9,20-21,23-26,38H2,1-3H3. The highest BCUT2D eigenvalue weighted by Crippen LogP contribution is 2.32. The molecule has 0 aliphatic carbocycles. The first-order valence-corrected chi connectivity index (χ1v) is 15.4. The zero-order chi connectivity index (χ0) is 30.9. The fourth-order valence-corrected chi connectivity index (χ4v) is 5.58. The largest absolute Gasteiger partial charge is 0.494 e. The van der Waals surface area contributed by atoms with E-state index in [1.54, 1.807) is 4.90 Å². The SMILES string of the molecule is CC(C)(C)OC(=O)N1CC(N)C(c2ccc(OCCCOCc3ccccc3)cc2)C(OCc2ccc3ccccc3c2)C1. The predicted octanol–water partition coefficient (Wildman–Crippen LogP) is 7.07. The van der Waals surface area contributed by atoms with Crippen LogP contribution in [0.5, 0.6) is 5.75 Å². The molecule has 1 aliphatic heterocycles. The Balaban J connectivity index is 1.21. The Morgan fingerprint density at radius 3 is 2.30 bits per heavy atom. The molecule has 0 bridgehead atoms. The molecule has 7 heteroatoms. The Kier molecular flexibility index (Phi) is 10.5. The molecular formula is C37H44N2O5. The van der Waals surface area contributed by atoms with Gasteiger partial charge < -0.3 is 29.6 Å². The number of fused-ring (bicyclic) bond motifs is 1. The molecular weight excluding hydrogens is 552 g/mol. The third kappa shape index (κ3) is 8.82. The lowest BCUT2D eigenvalue weighted by Gasteiger charge is -2.42. The molecule has 0 spiro atoms. The maximum atomic E-state index is 13.0. The van der Waals surface area contributed by atoms with Crippen molar-refractivity contribution in [2.24, 2.45) is 5.73 Å². The van der Waals surface area contributed by atoms with Gasteiger partial charge in [0.05, 0.1) is 39.1 Å². The second-order valence-electron chi connectivity index (χ2n) is 12.4. The molecule has 0 radical (unpaired) electrons. The molecule has 232 valence electrons. The Bertz CT molecular complexity index is 1490. The first-order chi connectivity index (χ1) is 21.2. The van der Waals surface area contributed by atoms with Crippen molar-refractivity contribution in [2.75, 3.05) is 26.3 Å². The second-order valence-corrected chi connectivity index (χ2v) is 12.4. The van der Waals surface area contributed by atoms with Gasteiger partial charge in [0, 0.05) is 24.9 Å². The van der Waals surface area contributed by atoms with Crippen LogP contribution in [0.1, 0.15) is 49.8 Å². The average Bonchev–Trinajstić information content (AvgIpc) is 3.01. The van der Waals surface area contributed by atoms with Gasteiger partial charge in [0.2, 0.25) is 0 Å². The van der Waals surface area contributed by atoms with Gasteiger partial charge in [0.15, 0.2) is 0 Å². The maximum absolute atomic E-state index is 13.0. The molecule has 3 atom stereocenters. The molecule has 5 rings (SSSR count). The van der Waals surface area contributed by atoms with Crippen LogP contribution in [0, 0.1) is 0 Å². The Hall–Kier alpha value is -3.91. The van der Waals surface area contributed by atoms with Gasteiger partial charge in [-0.15, -0.1) is 0 Å². The van der Waals surface area contributed by atoms with Crippen LogP contribution >= 0.6 is 0 Å². The lowest BCUT2D eigenvalue weighted by atomic mass is 9.83. The van der Waals surface area contributed by atoms with Crippen molar-refractivity contribution < 1.29 is 23.7 Å². The van der Waals surface area contributed by atoms with Crippen molar-refractivity contribution in [1.82, 2.24) is 4.90 Å². The number of hydrogen-bond donors (Lipinski definition) is 1. The highest BCUT2D eigenvalue weighted by molar-refractivity contribution is 5.82.